The fourth-order valence-electron chi connectivity index (χ4n) is 2.58. The Balaban J connectivity index is 3.27. The summed E-state index contributed by atoms with van der Waals surface area (Å²) in [6, 6.07) is 8.39. The fraction of sp³-hybridized carbons (Fsp3) is 0.0526. The Morgan fingerprint density at radius 3 is 2.00 bits per heavy atom. The lowest BCUT2D eigenvalue weighted by Gasteiger charge is -2.10. The van der Waals surface area contributed by atoms with Crippen molar-refractivity contribution in [3.05, 3.63) is 71.6 Å². The summed E-state index contributed by atoms with van der Waals surface area (Å²) < 4.78 is 0. The quantitative estimate of drug-likeness (QED) is 0.770. The zero-order valence-electron chi connectivity index (χ0n) is 11.3. The van der Waals surface area contributed by atoms with Crippen LogP contribution < -0.4 is 10.4 Å². The lowest BCUT2D eigenvalue weighted by atomic mass is 9.94. The summed E-state index contributed by atoms with van der Waals surface area (Å²) in [4.78, 5) is 0. The van der Waals surface area contributed by atoms with Crippen LogP contribution in [0.1, 0.15) is 18.1 Å². The van der Waals surface area contributed by atoms with E-state index >= 15 is 0 Å². The molecule has 0 nitrogen and oxygen atoms in total. The Kier molecular flexibility index (Phi) is 3.82. The van der Waals surface area contributed by atoms with Crippen LogP contribution in [-0.4, -0.2) is 0 Å². The van der Waals surface area contributed by atoms with Crippen LogP contribution in [0.2, 0.25) is 0 Å². The molecule has 0 amide bonds. The second kappa shape index (κ2) is 5.53. The van der Waals surface area contributed by atoms with Crippen molar-refractivity contribution in [2.75, 3.05) is 0 Å². The van der Waals surface area contributed by atoms with Crippen molar-refractivity contribution in [2.24, 2.45) is 0 Å². The van der Waals surface area contributed by atoms with Crippen LogP contribution in [0.25, 0.3) is 35.1 Å². The van der Waals surface area contributed by atoms with E-state index in [1.807, 2.05) is 24.3 Å². The predicted octanol–water partition coefficient (Wildman–Crippen LogP) is 3.89. The van der Waals surface area contributed by atoms with Crippen molar-refractivity contribution >= 4 is 35.1 Å². The molecule has 0 heteroatoms. The van der Waals surface area contributed by atoms with Crippen molar-refractivity contribution in [1.29, 1.82) is 0 Å². The number of allylic oxidation sites excluding steroid dienone is 1. The molecule has 2 aromatic rings. The van der Waals surface area contributed by atoms with Gasteiger partial charge in [0.15, 0.2) is 0 Å². The third kappa shape index (κ3) is 2.06. The highest BCUT2D eigenvalue weighted by molar-refractivity contribution is 5.95. The van der Waals surface area contributed by atoms with Crippen LogP contribution in [0.5, 0.6) is 0 Å². The first-order chi connectivity index (χ1) is 9.28. The maximum absolute atomic E-state index is 3.95. The molecular formula is C19H18. The summed E-state index contributed by atoms with van der Waals surface area (Å²) >= 11 is 0. The van der Waals surface area contributed by atoms with Crippen molar-refractivity contribution in [3.8, 4) is 0 Å². The molecule has 0 saturated heterocycles. The molecule has 2 aromatic carbocycles. The van der Waals surface area contributed by atoms with Crippen molar-refractivity contribution < 1.29 is 0 Å². The molecule has 0 spiro atoms. The van der Waals surface area contributed by atoms with E-state index in [4.69, 9.17) is 0 Å². The van der Waals surface area contributed by atoms with Crippen LogP contribution in [0.4, 0.5) is 0 Å². The molecule has 0 aromatic heterocycles. The summed E-state index contributed by atoms with van der Waals surface area (Å²) in [7, 11) is 0. The second-order valence-corrected chi connectivity index (χ2v) is 4.30. The SMILES string of the molecule is C=C/C=c1/c(C=C)c(C=C)c2ccccc2/c1=C/C. The summed E-state index contributed by atoms with van der Waals surface area (Å²) in [6.45, 7) is 13.8. The molecule has 0 unspecified atom stereocenters. The van der Waals surface area contributed by atoms with E-state index in [0.717, 1.165) is 16.3 Å². The van der Waals surface area contributed by atoms with Crippen molar-refractivity contribution in [2.45, 2.75) is 6.92 Å². The summed E-state index contributed by atoms with van der Waals surface area (Å²) in [5.74, 6) is 0. The van der Waals surface area contributed by atoms with Gasteiger partial charge in [-0.2, -0.15) is 0 Å². The van der Waals surface area contributed by atoms with Crippen LogP contribution >= 0.6 is 0 Å². The minimum absolute atomic E-state index is 1.11. The van der Waals surface area contributed by atoms with E-state index < -0.39 is 0 Å². The molecule has 0 radical (unpaired) electrons. The van der Waals surface area contributed by atoms with E-state index in [0.29, 0.717) is 0 Å². The van der Waals surface area contributed by atoms with Crippen LogP contribution in [0, 0.1) is 0 Å². The molecule has 0 bridgehead atoms. The first-order valence-corrected chi connectivity index (χ1v) is 6.37. The lowest BCUT2D eigenvalue weighted by molar-refractivity contribution is 1.51. The van der Waals surface area contributed by atoms with Crippen LogP contribution in [0.3, 0.4) is 0 Å². The number of rotatable bonds is 3. The molecular weight excluding hydrogens is 228 g/mol. The van der Waals surface area contributed by atoms with Crippen molar-refractivity contribution in [1.82, 2.24) is 0 Å². The van der Waals surface area contributed by atoms with E-state index in [9.17, 15) is 0 Å². The average Bonchev–Trinajstić information content (AvgIpc) is 2.46. The number of fused-ring (bicyclic) bond motifs is 1. The molecule has 0 fully saturated rings. The summed E-state index contributed by atoms with van der Waals surface area (Å²) in [5.41, 5.74) is 2.24. The Hall–Kier alpha value is -2.34. The molecule has 19 heavy (non-hydrogen) atoms. The summed E-state index contributed by atoms with van der Waals surface area (Å²) in [5, 5.41) is 4.82. The highest BCUT2D eigenvalue weighted by atomic mass is 14.1. The van der Waals surface area contributed by atoms with Gasteiger partial charge in [-0.3, -0.25) is 0 Å². The topological polar surface area (TPSA) is 0 Å². The second-order valence-electron chi connectivity index (χ2n) is 4.30. The van der Waals surface area contributed by atoms with E-state index in [1.165, 1.54) is 16.0 Å². The van der Waals surface area contributed by atoms with Gasteiger partial charge in [-0.25, -0.2) is 0 Å². The molecule has 0 aliphatic carbocycles. The smallest absolute Gasteiger partial charge is 0.00993 e. The number of benzene rings is 2. The average molecular weight is 246 g/mol. The van der Waals surface area contributed by atoms with Gasteiger partial charge in [0.1, 0.15) is 0 Å². The third-order valence-corrected chi connectivity index (χ3v) is 3.36. The monoisotopic (exact) mass is 246 g/mol. The molecule has 0 aliphatic rings. The van der Waals surface area contributed by atoms with Gasteiger partial charge in [0.2, 0.25) is 0 Å². The maximum Gasteiger partial charge on any atom is -0.00993 e. The van der Waals surface area contributed by atoms with Gasteiger partial charge in [-0.1, -0.05) is 74.4 Å². The van der Waals surface area contributed by atoms with E-state index in [1.54, 1.807) is 0 Å². The number of hydrogen-bond acceptors (Lipinski definition) is 0. The molecule has 0 saturated carbocycles. The third-order valence-electron chi connectivity index (χ3n) is 3.36. The molecule has 0 N–H and O–H groups in total. The molecule has 0 aliphatic heterocycles. The highest BCUT2D eigenvalue weighted by Crippen LogP contribution is 2.19. The lowest BCUT2D eigenvalue weighted by Crippen LogP contribution is -2.29. The normalized spacial score (nSPS) is 12.7. The zero-order chi connectivity index (χ0) is 13.8. The van der Waals surface area contributed by atoms with Crippen LogP contribution in [-0.2, 0) is 0 Å². The van der Waals surface area contributed by atoms with Crippen LogP contribution in [0.15, 0.2) is 50.1 Å². The van der Waals surface area contributed by atoms with Gasteiger partial charge in [-0.05, 0) is 39.3 Å². The minimum atomic E-state index is 1.11. The predicted molar refractivity (Wildman–Crippen MR) is 88.2 cm³/mol. The fourth-order valence-corrected chi connectivity index (χ4v) is 2.58. The Labute approximate surface area is 114 Å². The van der Waals surface area contributed by atoms with E-state index in [-0.39, 0.29) is 0 Å². The first-order valence-electron chi connectivity index (χ1n) is 6.37. The summed E-state index contributed by atoms with van der Waals surface area (Å²) in [6.07, 6.45) is 9.78. The van der Waals surface area contributed by atoms with Gasteiger partial charge in [0.25, 0.3) is 0 Å². The van der Waals surface area contributed by atoms with Gasteiger partial charge in [-0.15, -0.1) is 0 Å². The minimum Gasteiger partial charge on any atom is -0.0990 e. The molecule has 0 heterocycles. The van der Waals surface area contributed by atoms with Gasteiger partial charge in [0, 0.05) is 0 Å². The van der Waals surface area contributed by atoms with Gasteiger partial charge in [0.05, 0.1) is 0 Å². The maximum atomic E-state index is 3.95. The highest BCUT2D eigenvalue weighted by Gasteiger charge is 2.06. The van der Waals surface area contributed by atoms with Gasteiger partial charge >= 0.3 is 0 Å². The molecule has 0 atom stereocenters. The van der Waals surface area contributed by atoms with E-state index in [2.05, 4.69) is 57.0 Å². The number of hydrogen-bond donors (Lipinski definition) is 0. The largest absolute Gasteiger partial charge is 0.0990 e. The van der Waals surface area contributed by atoms with Gasteiger partial charge < -0.3 is 0 Å². The Morgan fingerprint density at radius 1 is 0.842 bits per heavy atom. The van der Waals surface area contributed by atoms with Crippen molar-refractivity contribution in [3.63, 3.8) is 0 Å². The Bertz CT molecular complexity index is 774. The molecule has 94 valence electrons. The zero-order valence-corrected chi connectivity index (χ0v) is 11.3. The standard InChI is InChI=1S/C19H18/c1-5-11-17-14(6-2)15(7-3)18-12-9-10-13-19(18)16(17)8-4/h5-13H,1-3H2,4H3/b16-8+,17-11-. The molecule has 2 rings (SSSR count). The first kappa shape index (κ1) is 13.1. The Morgan fingerprint density at radius 2 is 1.47 bits per heavy atom.